The van der Waals surface area contributed by atoms with Gasteiger partial charge in [0.25, 0.3) is 0 Å². The minimum atomic E-state index is 0.375. The molecule has 0 radical (unpaired) electrons. The van der Waals surface area contributed by atoms with E-state index in [0.717, 1.165) is 5.69 Å². The lowest BCUT2D eigenvalue weighted by Gasteiger charge is -2.04. The molecule has 1 heterocycles. The normalized spacial score (nSPS) is 10.0. The van der Waals surface area contributed by atoms with Crippen LogP contribution in [0.25, 0.3) is 5.69 Å². The average Bonchev–Trinajstić information content (AvgIpc) is 2.56. The highest BCUT2D eigenvalue weighted by Crippen LogP contribution is 2.25. The molecule has 0 saturated heterocycles. The third kappa shape index (κ3) is 1.83. The van der Waals surface area contributed by atoms with Gasteiger partial charge in [0, 0.05) is 10.7 Å². The van der Waals surface area contributed by atoms with Crippen LogP contribution in [0, 0.1) is 15.3 Å². The van der Waals surface area contributed by atoms with Crippen molar-refractivity contribution in [3.05, 3.63) is 38.1 Å². The maximum atomic E-state index is 8.85. The second-order valence-electron chi connectivity index (χ2n) is 3.01. The molecule has 80 valence electrons. The SMILES string of the molecule is N#Cc1sc(=S)n(-c2ccc(Cl)cc2)c1N. The summed E-state index contributed by atoms with van der Waals surface area (Å²) < 4.78 is 2.21. The van der Waals surface area contributed by atoms with Gasteiger partial charge in [-0.15, -0.1) is 0 Å². The van der Waals surface area contributed by atoms with Gasteiger partial charge in [0.2, 0.25) is 0 Å². The first-order valence-electron chi connectivity index (χ1n) is 4.31. The van der Waals surface area contributed by atoms with E-state index in [2.05, 4.69) is 0 Å². The van der Waals surface area contributed by atoms with Crippen LogP contribution >= 0.6 is 35.2 Å². The Hall–Kier alpha value is -1.35. The number of aromatic nitrogens is 1. The third-order valence-electron chi connectivity index (χ3n) is 2.03. The standard InChI is InChI=1S/C10H6ClN3S2/c11-6-1-3-7(4-2-6)14-9(13)8(5-12)16-10(14)15/h1-4H,13H2. The highest BCUT2D eigenvalue weighted by molar-refractivity contribution is 7.73. The van der Waals surface area contributed by atoms with Crippen LogP contribution in [0.2, 0.25) is 5.02 Å². The number of anilines is 1. The topological polar surface area (TPSA) is 54.7 Å². The van der Waals surface area contributed by atoms with Gasteiger partial charge in [-0.25, -0.2) is 0 Å². The van der Waals surface area contributed by atoms with Crippen molar-refractivity contribution in [2.75, 3.05) is 5.73 Å². The van der Waals surface area contributed by atoms with Crippen LogP contribution in [0.3, 0.4) is 0 Å². The lowest BCUT2D eigenvalue weighted by Crippen LogP contribution is -2.00. The number of benzene rings is 1. The zero-order valence-electron chi connectivity index (χ0n) is 7.98. The van der Waals surface area contributed by atoms with Crippen molar-refractivity contribution in [2.45, 2.75) is 0 Å². The second-order valence-corrected chi connectivity index (χ2v) is 5.09. The largest absolute Gasteiger partial charge is 0.383 e. The van der Waals surface area contributed by atoms with Gasteiger partial charge in [-0.2, -0.15) is 5.26 Å². The minimum Gasteiger partial charge on any atom is -0.383 e. The summed E-state index contributed by atoms with van der Waals surface area (Å²) in [6.45, 7) is 0. The summed E-state index contributed by atoms with van der Waals surface area (Å²) in [4.78, 5) is 0.431. The Labute approximate surface area is 106 Å². The first-order valence-corrected chi connectivity index (χ1v) is 5.91. The van der Waals surface area contributed by atoms with E-state index < -0.39 is 0 Å². The summed E-state index contributed by atoms with van der Waals surface area (Å²) in [5, 5.41) is 9.49. The summed E-state index contributed by atoms with van der Waals surface area (Å²) >= 11 is 12.2. The number of thiazole rings is 1. The fourth-order valence-corrected chi connectivity index (χ4v) is 2.59. The molecule has 2 N–H and O–H groups in total. The lowest BCUT2D eigenvalue weighted by molar-refractivity contribution is 1.08. The van der Waals surface area contributed by atoms with Crippen LogP contribution in [-0.2, 0) is 0 Å². The molecule has 3 nitrogen and oxygen atoms in total. The first-order chi connectivity index (χ1) is 7.63. The van der Waals surface area contributed by atoms with Crippen LogP contribution in [-0.4, -0.2) is 4.57 Å². The second kappa shape index (κ2) is 4.26. The average molecular weight is 268 g/mol. The van der Waals surface area contributed by atoms with Gasteiger partial charge in [0.1, 0.15) is 16.8 Å². The fourth-order valence-electron chi connectivity index (χ4n) is 1.30. The Balaban J connectivity index is 2.66. The van der Waals surface area contributed by atoms with Crippen molar-refractivity contribution >= 4 is 41.0 Å². The molecule has 0 amide bonds. The number of nitrogens with zero attached hydrogens (tertiary/aromatic N) is 2. The molecule has 0 aliphatic rings. The number of hydrogen-bond donors (Lipinski definition) is 1. The van der Waals surface area contributed by atoms with Crippen LogP contribution in [0.1, 0.15) is 4.88 Å². The highest BCUT2D eigenvalue weighted by atomic mass is 35.5. The van der Waals surface area contributed by atoms with Gasteiger partial charge in [-0.3, -0.25) is 4.57 Å². The molecule has 0 fully saturated rings. The van der Waals surface area contributed by atoms with E-state index in [4.69, 9.17) is 34.8 Å². The zero-order valence-corrected chi connectivity index (χ0v) is 10.4. The predicted molar refractivity (Wildman–Crippen MR) is 68.6 cm³/mol. The molecule has 6 heteroatoms. The monoisotopic (exact) mass is 267 g/mol. The van der Waals surface area contributed by atoms with E-state index >= 15 is 0 Å². The van der Waals surface area contributed by atoms with Crippen molar-refractivity contribution in [1.82, 2.24) is 4.57 Å². The van der Waals surface area contributed by atoms with Crippen LogP contribution in [0.5, 0.6) is 0 Å². The maximum Gasteiger partial charge on any atom is 0.168 e. The number of nitrogen functional groups attached to an aromatic ring is 1. The van der Waals surface area contributed by atoms with E-state index in [1.165, 1.54) is 11.3 Å². The predicted octanol–water partition coefficient (Wildman–Crippen LogP) is 3.38. The quantitative estimate of drug-likeness (QED) is 0.806. The minimum absolute atomic E-state index is 0.375. The summed E-state index contributed by atoms with van der Waals surface area (Å²) in [7, 11) is 0. The molecular weight excluding hydrogens is 262 g/mol. The molecule has 0 saturated carbocycles. The molecule has 0 atom stereocenters. The molecule has 1 aromatic carbocycles. The number of nitrogens with two attached hydrogens (primary N) is 1. The Kier molecular flexibility index (Phi) is 2.97. The Morgan fingerprint density at radius 3 is 2.50 bits per heavy atom. The summed E-state index contributed by atoms with van der Waals surface area (Å²) in [6, 6.07) is 9.14. The molecule has 0 bridgehead atoms. The van der Waals surface area contributed by atoms with E-state index in [9.17, 15) is 0 Å². The first kappa shape index (κ1) is 11.1. The summed E-state index contributed by atoms with van der Waals surface area (Å²) in [5.74, 6) is 0.375. The van der Waals surface area contributed by atoms with E-state index in [-0.39, 0.29) is 0 Å². The smallest absolute Gasteiger partial charge is 0.168 e. The highest BCUT2D eigenvalue weighted by Gasteiger charge is 2.10. The zero-order chi connectivity index (χ0) is 11.7. The summed E-state index contributed by atoms with van der Waals surface area (Å²) in [6.07, 6.45) is 0. The molecular formula is C10H6ClN3S2. The van der Waals surface area contributed by atoms with E-state index in [1.54, 1.807) is 16.7 Å². The Morgan fingerprint density at radius 1 is 1.38 bits per heavy atom. The molecule has 16 heavy (non-hydrogen) atoms. The van der Waals surface area contributed by atoms with Gasteiger partial charge in [0.05, 0.1) is 0 Å². The van der Waals surface area contributed by atoms with Crippen molar-refractivity contribution in [3.8, 4) is 11.8 Å². The molecule has 0 spiro atoms. The number of nitriles is 1. The molecule has 2 aromatic rings. The van der Waals surface area contributed by atoms with Crippen LogP contribution in [0.15, 0.2) is 24.3 Å². The Bertz CT molecular complexity index is 619. The number of rotatable bonds is 1. The van der Waals surface area contributed by atoms with E-state index in [1.807, 2.05) is 18.2 Å². The van der Waals surface area contributed by atoms with Gasteiger partial charge < -0.3 is 5.73 Å². The van der Waals surface area contributed by atoms with E-state index in [0.29, 0.717) is 19.7 Å². The van der Waals surface area contributed by atoms with Crippen LogP contribution < -0.4 is 5.73 Å². The van der Waals surface area contributed by atoms with Crippen molar-refractivity contribution in [3.63, 3.8) is 0 Å². The van der Waals surface area contributed by atoms with Gasteiger partial charge >= 0.3 is 0 Å². The van der Waals surface area contributed by atoms with Gasteiger partial charge in [-0.05, 0) is 36.5 Å². The van der Waals surface area contributed by atoms with Gasteiger partial charge in [-0.1, -0.05) is 22.9 Å². The van der Waals surface area contributed by atoms with Gasteiger partial charge in [0.15, 0.2) is 3.95 Å². The van der Waals surface area contributed by atoms with Crippen molar-refractivity contribution in [1.29, 1.82) is 5.26 Å². The third-order valence-corrected chi connectivity index (χ3v) is 3.58. The number of halogens is 1. The number of hydrogen-bond acceptors (Lipinski definition) is 4. The summed E-state index contributed by atoms with van der Waals surface area (Å²) in [5.41, 5.74) is 6.65. The molecule has 2 rings (SSSR count). The van der Waals surface area contributed by atoms with Crippen LogP contribution in [0.4, 0.5) is 5.82 Å². The molecule has 1 aromatic heterocycles. The van der Waals surface area contributed by atoms with Crippen molar-refractivity contribution in [2.24, 2.45) is 0 Å². The molecule has 0 aliphatic heterocycles. The lowest BCUT2D eigenvalue weighted by atomic mass is 10.3. The molecule has 0 aliphatic carbocycles. The maximum absolute atomic E-state index is 8.85. The van der Waals surface area contributed by atoms with Crippen molar-refractivity contribution < 1.29 is 0 Å². The fraction of sp³-hybridized carbons (Fsp3) is 0. The molecule has 0 unspecified atom stereocenters. The Morgan fingerprint density at radius 2 is 2.00 bits per heavy atom.